The highest BCUT2D eigenvalue weighted by Gasteiger charge is 2.32. The third-order valence-corrected chi connectivity index (χ3v) is 2.95. The second-order valence-corrected chi connectivity index (χ2v) is 4.38. The molecule has 3 nitrogen and oxygen atoms in total. The molecule has 110 valence electrons. The van der Waals surface area contributed by atoms with Crippen molar-refractivity contribution < 1.29 is 27.4 Å². The number of carbonyl (C=O) groups excluding carboxylic acids is 1. The van der Waals surface area contributed by atoms with E-state index in [2.05, 4.69) is 16.1 Å². The molecule has 20 heavy (non-hydrogen) atoms. The Morgan fingerprint density at radius 2 is 2.00 bits per heavy atom. The second-order valence-electron chi connectivity index (χ2n) is 3.98. The number of ether oxygens (including phenoxy) is 2. The minimum atomic E-state index is -4.81. The second kappa shape index (κ2) is 6.17. The molecule has 1 aromatic carbocycles. The zero-order chi connectivity index (χ0) is 15.5. The average molecular weight is 309 g/mol. The van der Waals surface area contributed by atoms with Crippen LogP contribution in [0.4, 0.5) is 13.2 Å². The molecule has 0 aliphatic carbocycles. The maximum Gasteiger partial charge on any atom is 0.573 e. The van der Waals surface area contributed by atoms with E-state index in [9.17, 15) is 18.0 Å². The largest absolute Gasteiger partial charge is 0.573 e. The van der Waals surface area contributed by atoms with Gasteiger partial charge in [0.1, 0.15) is 5.75 Å². The van der Waals surface area contributed by atoms with Crippen LogP contribution in [0.3, 0.4) is 0 Å². The summed E-state index contributed by atoms with van der Waals surface area (Å²) in [5.74, 6) is -1.54. The summed E-state index contributed by atoms with van der Waals surface area (Å²) in [6.07, 6.45) is -4.81. The van der Waals surface area contributed by atoms with Gasteiger partial charge in [-0.1, -0.05) is 31.2 Å². The average Bonchev–Trinajstić information content (AvgIpc) is 2.37. The minimum Gasteiger partial charge on any atom is -0.466 e. The van der Waals surface area contributed by atoms with Crippen molar-refractivity contribution in [1.29, 1.82) is 0 Å². The van der Waals surface area contributed by atoms with Gasteiger partial charge < -0.3 is 9.47 Å². The first-order chi connectivity index (χ1) is 9.15. The molecule has 0 radical (unpaired) electrons. The van der Waals surface area contributed by atoms with Crippen molar-refractivity contribution in [3.05, 3.63) is 40.9 Å². The molecule has 7 heteroatoms. The third kappa shape index (κ3) is 4.16. The van der Waals surface area contributed by atoms with Crippen LogP contribution in [-0.4, -0.2) is 19.4 Å². The highest BCUT2D eigenvalue weighted by molar-refractivity contribution is 6.32. The Hall–Kier alpha value is -1.69. The standard InChI is InChI=1S/C13H12ClF3O3/c1-7(8(2)12(18)19-3)9-4-5-11(10(14)6-9)20-13(15,16)17/h4-7H,2H2,1,3H3. The Labute approximate surface area is 118 Å². The highest BCUT2D eigenvalue weighted by atomic mass is 35.5. The van der Waals surface area contributed by atoms with E-state index in [1.54, 1.807) is 6.92 Å². The molecule has 0 spiro atoms. The van der Waals surface area contributed by atoms with Gasteiger partial charge in [0.05, 0.1) is 12.1 Å². The molecule has 0 aliphatic heterocycles. The van der Waals surface area contributed by atoms with Gasteiger partial charge >= 0.3 is 12.3 Å². The van der Waals surface area contributed by atoms with E-state index in [0.717, 1.165) is 6.07 Å². The van der Waals surface area contributed by atoms with Crippen molar-refractivity contribution in [3.8, 4) is 5.75 Å². The first-order valence-electron chi connectivity index (χ1n) is 5.48. The number of esters is 1. The molecule has 0 aliphatic rings. The molecule has 1 atom stereocenters. The monoisotopic (exact) mass is 308 g/mol. The van der Waals surface area contributed by atoms with Gasteiger partial charge in [0, 0.05) is 11.5 Å². The SMILES string of the molecule is C=C(C(=O)OC)C(C)c1ccc(OC(F)(F)F)c(Cl)c1. The van der Waals surface area contributed by atoms with Crippen LogP contribution in [-0.2, 0) is 9.53 Å². The van der Waals surface area contributed by atoms with Crippen LogP contribution in [0.25, 0.3) is 0 Å². The number of alkyl halides is 3. The van der Waals surface area contributed by atoms with E-state index in [4.69, 9.17) is 11.6 Å². The smallest absolute Gasteiger partial charge is 0.466 e. The summed E-state index contributed by atoms with van der Waals surface area (Å²) >= 11 is 5.73. The molecule has 1 unspecified atom stereocenters. The molecule has 0 amide bonds. The van der Waals surface area contributed by atoms with Crippen molar-refractivity contribution in [2.75, 3.05) is 7.11 Å². The zero-order valence-electron chi connectivity index (χ0n) is 10.8. The van der Waals surface area contributed by atoms with Gasteiger partial charge in [-0.15, -0.1) is 13.2 Å². The van der Waals surface area contributed by atoms with E-state index in [1.807, 2.05) is 0 Å². The van der Waals surface area contributed by atoms with Gasteiger partial charge in [-0.3, -0.25) is 0 Å². The molecule has 0 heterocycles. The maximum atomic E-state index is 12.1. The van der Waals surface area contributed by atoms with Crippen LogP contribution in [0.2, 0.25) is 5.02 Å². The molecule has 1 rings (SSSR count). The lowest BCUT2D eigenvalue weighted by molar-refractivity contribution is -0.274. The fourth-order valence-corrected chi connectivity index (χ4v) is 1.73. The lowest BCUT2D eigenvalue weighted by atomic mass is 9.94. The van der Waals surface area contributed by atoms with Crippen LogP contribution >= 0.6 is 11.6 Å². The van der Waals surface area contributed by atoms with E-state index in [0.29, 0.717) is 5.56 Å². The summed E-state index contributed by atoms with van der Waals surface area (Å²) in [6, 6.07) is 3.76. The molecule has 0 saturated carbocycles. The number of hydrogen-bond donors (Lipinski definition) is 0. The topological polar surface area (TPSA) is 35.5 Å². The van der Waals surface area contributed by atoms with Crippen LogP contribution in [0, 0.1) is 0 Å². The summed E-state index contributed by atoms with van der Waals surface area (Å²) in [4.78, 5) is 11.3. The van der Waals surface area contributed by atoms with Crippen LogP contribution in [0.15, 0.2) is 30.4 Å². The highest BCUT2D eigenvalue weighted by Crippen LogP contribution is 2.34. The number of halogens is 4. The molecular formula is C13H12ClF3O3. The van der Waals surface area contributed by atoms with Gasteiger partial charge in [-0.05, 0) is 17.7 Å². The Kier molecular flexibility index (Phi) is 5.05. The van der Waals surface area contributed by atoms with Gasteiger partial charge in [0.2, 0.25) is 0 Å². The van der Waals surface area contributed by atoms with Crippen LogP contribution in [0.1, 0.15) is 18.4 Å². The van der Waals surface area contributed by atoms with Crippen molar-refractivity contribution in [1.82, 2.24) is 0 Å². The van der Waals surface area contributed by atoms with Gasteiger partial charge in [-0.2, -0.15) is 0 Å². The van der Waals surface area contributed by atoms with Crippen LogP contribution < -0.4 is 4.74 Å². The fraction of sp³-hybridized carbons (Fsp3) is 0.308. The van der Waals surface area contributed by atoms with Crippen molar-refractivity contribution in [2.45, 2.75) is 19.2 Å². The summed E-state index contributed by atoms with van der Waals surface area (Å²) < 4.78 is 44.6. The first kappa shape index (κ1) is 16.4. The Bertz CT molecular complexity index is 526. The number of benzene rings is 1. The predicted molar refractivity (Wildman–Crippen MR) is 67.7 cm³/mol. The van der Waals surface area contributed by atoms with Gasteiger partial charge in [0.15, 0.2) is 0 Å². The van der Waals surface area contributed by atoms with Crippen molar-refractivity contribution in [3.63, 3.8) is 0 Å². The number of methoxy groups -OCH3 is 1. The number of hydrogen-bond acceptors (Lipinski definition) is 3. The van der Waals surface area contributed by atoms with Gasteiger partial charge in [-0.25, -0.2) is 4.79 Å². The summed E-state index contributed by atoms with van der Waals surface area (Å²) in [5.41, 5.74) is 0.702. The normalized spacial score (nSPS) is 12.7. The van der Waals surface area contributed by atoms with Crippen molar-refractivity contribution >= 4 is 17.6 Å². The Morgan fingerprint density at radius 3 is 2.45 bits per heavy atom. The van der Waals surface area contributed by atoms with E-state index >= 15 is 0 Å². The lowest BCUT2D eigenvalue weighted by Crippen LogP contribution is -2.17. The summed E-state index contributed by atoms with van der Waals surface area (Å²) in [7, 11) is 1.22. The van der Waals surface area contributed by atoms with E-state index < -0.39 is 24.0 Å². The number of rotatable bonds is 4. The fourth-order valence-electron chi connectivity index (χ4n) is 1.50. The number of carbonyl (C=O) groups is 1. The van der Waals surface area contributed by atoms with Crippen LogP contribution in [0.5, 0.6) is 5.75 Å². The summed E-state index contributed by atoms with van der Waals surface area (Å²) in [5, 5.41) is -0.204. The first-order valence-corrected chi connectivity index (χ1v) is 5.85. The third-order valence-electron chi connectivity index (χ3n) is 2.65. The van der Waals surface area contributed by atoms with E-state index in [-0.39, 0.29) is 10.6 Å². The van der Waals surface area contributed by atoms with E-state index in [1.165, 1.54) is 19.2 Å². The lowest BCUT2D eigenvalue weighted by Gasteiger charge is -2.15. The maximum absolute atomic E-state index is 12.1. The molecule has 0 fully saturated rings. The predicted octanol–water partition coefficient (Wildman–Crippen LogP) is 4.07. The Balaban J connectivity index is 2.97. The summed E-state index contributed by atoms with van der Waals surface area (Å²) in [6.45, 7) is 5.25. The van der Waals surface area contributed by atoms with Crippen molar-refractivity contribution in [2.24, 2.45) is 0 Å². The zero-order valence-corrected chi connectivity index (χ0v) is 11.5. The quantitative estimate of drug-likeness (QED) is 0.621. The molecule has 0 N–H and O–H groups in total. The minimum absolute atomic E-state index is 0.174. The molecule has 0 saturated heterocycles. The molecular weight excluding hydrogens is 297 g/mol. The molecule has 0 bridgehead atoms. The Morgan fingerprint density at radius 1 is 1.40 bits per heavy atom. The molecule has 1 aromatic rings. The van der Waals surface area contributed by atoms with Gasteiger partial charge in [0.25, 0.3) is 0 Å². The molecule has 0 aromatic heterocycles.